The van der Waals surface area contributed by atoms with Crippen molar-refractivity contribution in [1.82, 2.24) is 4.90 Å². The van der Waals surface area contributed by atoms with Crippen molar-refractivity contribution in [2.75, 3.05) is 34.3 Å². The van der Waals surface area contributed by atoms with Crippen LogP contribution >= 0.6 is 0 Å². The summed E-state index contributed by atoms with van der Waals surface area (Å²) < 4.78 is 33.5. The zero-order valence-corrected chi connectivity index (χ0v) is 21.7. The minimum absolute atomic E-state index is 0.808. The van der Waals surface area contributed by atoms with E-state index in [-0.39, 0.29) is 0 Å². The van der Waals surface area contributed by atoms with E-state index in [4.69, 9.17) is 0 Å². The second-order valence-electron chi connectivity index (χ2n) is 8.89. The predicted octanol–water partition coefficient (Wildman–Crippen LogP) is 5.72. The highest BCUT2D eigenvalue weighted by molar-refractivity contribution is 7.80. The fraction of sp³-hybridized carbons (Fsp3) is 0.958. The SMILES string of the molecule is CCCCCCCCCCCCCCCCCCC1=[N+](C)CCN1C.COS(=O)(=O)[O-]. The summed E-state index contributed by atoms with van der Waals surface area (Å²) in [5.41, 5.74) is 0. The number of unbranched alkanes of at least 4 members (excludes halogenated alkanes) is 15. The van der Waals surface area contributed by atoms with Gasteiger partial charge in [0.25, 0.3) is 0 Å². The number of nitrogens with zero attached hydrogens (tertiary/aromatic N) is 2. The van der Waals surface area contributed by atoms with Crippen molar-refractivity contribution in [1.29, 1.82) is 0 Å². The third kappa shape index (κ3) is 19.7. The van der Waals surface area contributed by atoms with E-state index in [1.807, 2.05) is 0 Å². The van der Waals surface area contributed by atoms with Gasteiger partial charge in [0.05, 0.1) is 21.2 Å². The van der Waals surface area contributed by atoms with Crippen molar-refractivity contribution < 1.29 is 21.7 Å². The topological polar surface area (TPSA) is 72.7 Å². The Morgan fingerprint density at radius 2 is 1.19 bits per heavy atom. The molecule has 1 aliphatic rings. The molecule has 7 heteroatoms. The van der Waals surface area contributed by atoms with E-state index in [1.54, 1.807) is 5.84 Å². The Balaban J connectivity index is 0.00000131. The van der Waals surface area contributed by atoms with Crippen molar-refractivity contribution in [2.24, 2.45) is 0 Å². The van der Waals surface area contributed by atoms with Gasteiger partial charge in [-0.3, -0.25) is 13.7 Å². The lowest BCUT2D eigenvalue weighted by Crippen LogP contribution is -2.24. The highest BCUT2D eigenvalue weighted by Crippen LogP contribution is 2.14. The smallest absolute Gasteiger partial charge is 0.246 e. The van der Waals surface area contributed by atoms with E-state index in [0.717, 1.165) is 7.11 Å². The molecule has 0 saturated heterocycles. The standard InChI is InChI=1S/C23H47N2.CH4O4S/c1-4-5-6-7-8-9-10-11-12-13-14-15-16-17-18-19-20-23-24(2)21-22-25(23)3;1-5-6(2,3)4/h4-22H2,1-3H3;1H3,(H,2,3,4)/q+1;/p-1. The van der Waals surface area contributed by atoms with Gasteiger partial charge >= 0.3 is 0 Å². The van der Waals surface area contributed by atoms with Crippen LogP contribution in [0.25, 0.3) is 0 Å². The molecular formula is C24H50N2O4S. The van der Waals surface area contributed by atoms with Crippen LogP contribution in [0.1, 0.15) is 116 Å². The summed E-state index contributed by atoms with van der Waals surface area (Å²) in [5.74, 6) is 1.56. The fourth-order valence-corrected chi connectivity index (χ4v) is 4.06. The van der Waals surface area contributed by atoms with E-state index in [1.165, 1.54) is 122 Å². The third-order valence-electron chi connectivity index (χ3n) is 6.11. The quantitative estimate of drug-likeness (QED) is 0.113. The predicted molar refractivity (Wildman–Crippen MR) is 130 cm³/mol. The Hall–Kier alpha value is -0.660. The number of amidine groups is 1. The molecule has 0 unspecified atom stereocenters. The Morgan fingerprint density at radius 1 is 0.839 bits per heavy atom. The monoisotopic (exact) mass is 462 g/mol. The molecule has 6 nitrogen and oxygen atoms in total. The van der Waals surface area contributed by atoms with Crippen LogP contribution < -0.4 is 0 Å². The van der Waals surface area contributed by atoms with Gasteiger partial charge < -0.3 is 4.55 Å². The van der Waals surface area contributed by atoms with Gasteiger partial charge in [-0.1, -0.05) is 103 Å². The molecule has 31 heavy (non-hydrogen) atoms. The summed E-state index contributed by atoms with van der Waals surface area (Å²) in [6, 6.07) is 0. The zero-order valence-electron chi connectivity index (χ0n) is 20.9. The van der Waals surface area contributed by atoms with Gasteiger partial charge in [0.15, 0.2) is 0 Å². The average molecular weight is 463 g/mol. The third-order valence-corrected chi connectivity index (χ3v) is 6.52. The van der Waals surface area contributed by atoms with Crippen LogP contribution in [-0.4, -0.2) is 62.6 Å². The first kappa shape index (κ1) is 30.3. The summed E-state index contributed by atoms with van der Waals surface area (Å²) >= 11 is 0. The summed E-state index contributed by atoms with van der Waals surface area (Å²) in [6.07, 6.45) is 24.5. The van der Waals surface area contributed by atoms with Crippen LogP contribution in [0.15, 0.2) is 0 Å². The Bertz CT molecular complexity index is 550. The van der Waals surface area contributed by atoms with Gasteiger partial charge in [0, 0.05) is 6.42 Å². The molecule has 0 N–H and O–H groups in total. The van der Waals surface area contributed by atoms with E-state index in [0.29, 0.717) is 0 Å². The summed E-state index contributed by atoms with van der Waals surface area (Å²) in [6.45, 7) is 4.72. The largest absolute Gasteiger partial charge is 0.726 e. The molecule has 186 valence electrons. The maximum Gasteiger partial charge on any atom is 0.246 e. The molecule has 0 saturated carbocycles. The Kier molecular flexibility index (Phi) is 19.6. The van der Waals surface area contributed by atoms with Gasteiger partial charge in [0.2, 0.25) is 16.2 Å². The van der Waals surface area contributed by atoms with Gasteiger partial charge in [-0.25, -0.2) is 8.42 Å². The molecule has 1 aliphatic heterocycles. The van der Waals surface area contributed by atoms with E-state index in [9.17, 15) is 13.0 Å². The first-order valence-corrected chi connectivity index (χ1v) is 13.9. The molecule has 0 aromatic carbocycles. The molecule has 0 aromatic heterocycles. The van der Waals surface area contributed by atoms with Crippen molar-refractivity contribution in [2.45, 2.75) is 116 Å². The van der Waals surface area contributed by atoms with Crippen molar-refractivity contribution >= 4 is 16.2 Å². The minimum atomic E-state index is -4.41. The van der Waals surface area contributed by atoms with Gasteiger partial charge in [-0.15, -0.1) is 0 Å². The molecule has 0 amide bonds. The normalized spacial score (nSPS) is 14.2. The summed E-state index contributed by atoms with van der Waals surface area (Å²) in [4.78, 5) is 2.44. The number of likely N-dealkylation sites (N-methyl/N-ethyl adjacent to an activating group) is 2. The molecule has 0 fully saturated rings. The van der Waals surface area contributed by atoms with Crippen molar-refractivity contribution in [3.8, 4) is 0 Å². The van der Waals surface area contributed by atoms with E-state index >= 15 is 0 Å². The summed E-state index contributed by atoms with van der Waals surface area (Å²) in [5, 5.41) is 0. The van der Waals surface area contributed by atoms with E-state index in [2.05, 4.69) is 34.7 Å². The Labute approximate surface area is 193 Å². The molecule has 1 rings (SSSR count). The number of hydrogen-bond donors (Lipinski definition) is 0. The van der Waals surface area contributed by atoms with Crippen molar-refractivity contribution in [3.05, 3.63) is 0 Å². The lowest BCUT2D eigenvalue weighted by atomic mass is 10.0. The number of hydrogen-bond acceptors (Lipinski definition) is 5. The molecule has 0 aromatic rings. The molecule has 0 bridgehead atoms. The maximum atomic E-state index is 9.22. The molecular weight excluding hydrogens is 412 g/mol. The fourth-order valence-electron chi connectivity index (χ4n) is 4.06. The lowest BCUT2D eigenvalue weighted by Gasteiger charge is -2.07. The van der Waals surface area contributed by atoms with Crippen LogP contribution in [0.4, 0.5) is 0 Å². The molecule has 0 radical (unpaired) electrons. The molecule has 0 spiro atoms. The highest BCUT2D eigenvalue weighted by Gasteiger charge is 2.23. The van der Waals surface area contributed by atoms with E-state index < -0.39 is 10.4 Å². The lowest BCUT2D eigenvalue weighted by molar-refractivity contribution is -0.487. The molecule has 0 atom stereocenters. The zero-order chi connectivity index (χ0) is 23.4. The van der Waals surface area contributed by atoms with Crippen LogP contribution in [0.2, 0.25) is 0 Å². The van der Waals surface area contributed by atoms with Crippen LogP contribution in [0.5, 0.6) is 0 Å². The van der Waals surface area contributed by atoms with Gasteiger partial charge in [0.1, 0.15) is 13.1 Å². The second-order valence-corrected chi connectivity index (χ2v) is 10.0. The summed E-state index contributed by atoms with van der Waals surface area (Å²) in [7, 11) is 0.879. The Morgan fingerprint density at radius 3 is 1.48 bits per heavy atom. The van der Waals surface area contributed by atoms with Gasteiger partial charge in [-0.2, -0.15) is 0 Å². The molecule has 1 heterocycles. The maximum absolute atomic E-state index is 9.22. The highest BCUT2D eigenvalue weighted by atomic mass is 32.3. The van der Waals surface area contributed by atoms with Crippen LogP contribution in [-0.2, 0) is 14.6 Å². The average Bonchev–Trinajstić information content (AvgIpc) is 3.05. The minimum Gasteiger partial charge on any atom is -0.726 e. The second kappa shape index (κ2) is 20.0. The van der Waals surface area contributed by atoms with Crippen LogP contribution in [0, 0.1) is 0 Å². The first-order valence-electron chi connectivity index (χ1n) is 12.6. The van der Waals surface area contributed by atoms with Crippen LogP contribution in [0.3, 0.4) is 0 Å². The van der Waals surface area contributed by atoms with Gasteiger partial charge in [-0.05, 0) is 6.42 Å². The first-order chi connectivity index (χ1) is 14.8. The molecule has 0 aliphatic carbocycles. The number of rotatable bonds is 18. The van der Waals surface area contributed by atoms with Crippen molar-refractivity contribution in [3.63, 3.8) is 0 Å².